The van der Waals surface area contributed by atoms with E-state index in [1.165, 1.54) is 19.3 Å². The summed E-state index contributed by atoms with van der Waals surface area (Å²) >= 11 is 5.92. The number of halogens is 1. The molecule has 1 N–H and O–H groups in total. The lowest BCUT2D eigenvalue weighted by atomic mass is 10.1. The molecule has 0 heterocycles. The SMILES string of the molecule is CC1CCC(Nc2cccc(Cl)c2)C1. The van der Waals surface area contributed by atoms with Crippen molar-refractivity contribution in [2.75, 3.05) is 5.32 Å². The lowest BCUT2D eigenvalue weighted by molar-refractivity contribution is 0.602. The molecule has 1 fully saturated rings. The van der Waals surface area contributed by atoms with Crippen molar-refractivity contribution >= 4 is 17.3 Å². The van der Waals surface area contributed by atoms with E-state index in [2.05, 4.69) is 18.3 Å². The molecule has 0 aliphatic heterocycles. The van der Waals surface area contributed by atoms with Crippen LogP contribution >= 0.6 is 11.6 Å². The van der Waals surface area contributed by atoms with Crippen LogP contribution in [-0.4, -0.2) is 6.04 Å². The summed E-state index contributed by atoms with van der Waals surface area (Å²) in [4.78, 5) is 0. The van der Waals surface area contributed by atoms with E-state index in [0.717, 1.165) is 16.6 Å². The van der Waals surface area contributed by atoms with Gasteiger partial charge in [0.2, 0.25) is 0 Å². The third-order valence-corrected chi connectivity index (χ3v) is 3.13. The smallest absolute Gasteiger partial charge is 0.0426 e. The molecule has 2 atom stereocenters. The molecule has 2 heteroatoms. The predicted molar refractivity (Wildman–Crippen MR) is 61.9 cm³/mol. The van der Waals surface area contributed by atoms with Gasteiger partial charge >= 0.3 is 0 Å². The summed E-state index contributed by atoms with van der Waals surface area (Å²) in [6.07, 6.45) is 3.92. The number of benzene rings is 1. The van der Waals surface area contributed by atoms with Crippen molar-refractivity contribution in [3.8, 4) is 0 Å². The molecule has 76 valence electrons. The van der Waals surface area contributed by atoms with Crippen LogP contribution in [0.4, 0.5) is 5.69 Å². The van der Waals surface area contributed by atoms with Crippen LogP contribution in [0.2, 0.25) is 5.02 Å². The Morgan fingerprint density at radius 2 is 2.21 bits per heavy atom. The highest BCUT2D eigenvalue weighted by Crippen LogP contribution is 2.28. The molecule has 0 saturated heterocycles. The van der Waals surface area contributed by atoms with Crippen molar-refractivity contribution in [2.24, 2.45) is 5.92 Å². The number of anilines is 1. The Morgan fingerprint density at radius 1 is 1.36 bits per heavy atom. The van der Waals surface area contributed by atoms with E-state index in [1.807, 2.05) is 18.2 Å². The van der Waals surface area contributed by atoms with E-state index >= 15 is 0 Å². The zero-order valence-corrected chi connectivity index (χ0v) is 9.22. The molecule has 1 aliphatic carbocycles. The third kappa shape index (κ3) is 2.42. The molecule has 14 heavy (non-hydrogen) atoms. The van der Waals surface area contributed by atoms with E-state index in [0.29, 0.717) is 6.04 Å². The Morgan fingerprint density at radius 3 is 2.86 bits per heavy atom. The highest BCUT2D eigenvalue weighted by Gasteiger charge is 2.20. The van der Waals surface area contributed by atoms with Gasteiger partial charge in [-0.25, -0.2) is 0 Å². The van der Waals surface area contributed by atoms with E-state index in [4.69, 9.17) is 11.6 Å². The molecule has 1 nitrogen and oxygen atoms in total. The molecular weight excluding hydrogens is 194 g/mol. The molecule has 0 radical (unpaired) electrons. The van der Waals surface area contributed by atoms with E-state index in [-0.39, 0.29) is 0 Å². The highest BCUT2D eigenvalue weighted by molar-refractivity contribution is 6.30. The van der Waals surface area contributed by atoms with Gasteiger partial charge in [0.25, 0.3) is 0 Å². The first kappa shape index (κ1) is 9.85. The van der Waals surface area contributed by atoms with Gasteiger partial charge in [0.05, 0.1) is 0 Å². The van der Waals surface area contributed by atoms with Crippen LogP contribution in [0, 0.1) is 5.92 Å². The number of hydrogen-bond acceptors (Lipinski definition) is 1. The van der Waals surface area contributed by atoms with Crippen molar-refractivity contribution < 1.29 is 0 Å². The third-order valence-electron chi connectivity index (χ3n) is 2.89. The second-order valence-corrected chi connectivity index (χ2v) is 4.71. The molecule has 0 bridgehead atoms. The summed E-state index contributed by atoms with van der Waals surface area (Å²) in [5.74, 6) is 0.867. The maximum atomic E-state index is 5.92. The lowest BCUT2D eigenvalue weighted by Crippen LogP contribution is -2.14. The van der Waals surface area contributed by atoms with Gasteiger partial charge in [-0.15, -0.1) is 0 Å². The van der Waals surface area contributed by atoms with Gasteiger partial charge in [-0.05, 0) is 43.4 Å². The van der Waals surface area contributed by atoms with E-state index < -0.39 is 0 Å². The highest BCUT2D eigenvalue weighted by atomic mass is 35.5. The zero-order valence-electron chi connectivity index (χ0n) is 8.46. The molecule has 0 aromatic heterocycles. The molecule has 2 unspecified atom stereocenters. The van der Waals surface area contributed by atoms with E-state index in [9.17, 15) is 0 Å². The van der Waals surface area contributed by atoms with Gasteiger partial charge in [0.1, 0.15) is 0 Å². The van der Waals surface area contributed by atoms with Crippen LogP contribution in [0.5, 0.6) is 0 Å². The van der Waals surface area contributed by atoms with Crippen LogP contribution in [0.25, 0.3) is 0 Å². The Balaban J connectivity index is 1.97. The number of hydrogen-bond donors (Lipinski definition) is 1. The van der Waals surface area contributed by atoms with Gasteiger partial charge in [-0.2, -0.15) is 0 Å². The van der Waals surface area contributed by atoms with Gasteiger partial charge in [-0.1, -0.05) is 24.6 Å². The maximum Gasteiger partial charge on any atom is 0.0426 e. The summed E-state index contributed by atoms with van der Waals surface area (Å²) in [7, 11) is 0. The quantitative estimate of drug-likeness (QED) is 0.778. The second-order valence-electron chi connectivity index (χ2n) is 4.27. The molecule has 1 saturated carbocycles. The van der Waals surface area contributed by atoms with Crippen molar-refractivity contribution in [3.63, 3.8) is 0 Å². The summed E-state index contributed by atoms with van der Waals surface area (Å²) in [5.41, 5.74) is 1.15. The largest absolute Gasteiger partial charge is 0.382 e. The summed E-state index contributed by atoms with van der Waals surface area (Å²) in [5, 5.41) is 4.33. The van der Waals surface area contributed by atoms with Crippen LogP contribution < -0.4 is 5.32 Å². The van der Waals surface area contributed by atoms with Crippen LogP contribution in [0.15, 0.2) is 24.3 Å². The van der Waals surface area contributed by atoms with Crippen molar-refractivity contribution in [1.29, 1.82) is 0 Å². The van der Waals surface area contributed by atoms with Crippen LogP contribution in [-0.2, 0) is 0 Å². The minimum atomic E-state index is 0.642. The zero-order chi connectivity index (χ0) is 9.97. The molecule has 0 amide bonds. The second kappa shape index (κ2) is 4.22. The Bertz CT molecular complexity index is 311. The van der Waals surface area contributed by atoms with Crippen molar-refractivity contribution in [2.45, 2.75) is 32.2 Å². The first-order chi connectivity index (χ1) is 6.74. The molecule has 1 aromatic rings. The van der Waals surface area contributed by atoms with Gasteiger partial charge < -0.3 is 5.32 Å². The number of nitrogens with one attached hydrogen (secondary N) is 1. The van der Waals surface area contributed by atoms with Crippen molar-refractivity contribution in [3.05, 3.63) is 29.3 Å². The van der Waals surface area contributed by atoms with Gasteiger partial charge in [0, 0.05) is 16.8 Å². The maximum absolute atomic E-state index is 5.92. The molecular formula is C12H16ClN. The van der Waals surface area contributed by atoms with Gasteiger partial charge in [-0.3, -0.25) is 0 Å². The monoisotopic (exact) mass is 209 g/mol. The average Bonchev–Trinajstić information content (AvgIpc) is 2.51. The lowest BCUT2D eigenvalue weighted by Gasteiger charge is -2.13. The summed E-state index contributed by atoms with van der Waals surface area (Å²) in [6, 6.07) is 8.61. The van der Waals surface area contributed by atoms with E-state index in [1.54, 1.807) is 0 Å². The normalized spacial score (nSPS) is 26.4. The van der Waals surface area contributed by atoms with Crippen LogP contribution in [0.1, 0.15) is 26.2 Å². The Kier molecular flexibility index (Phi) is 2.97. The first-order valence-electron chi connectivity index (χ1n) is 5.26. The fourth-order valence-electron chi connectivity index (χ4n) is 2.15. The standard InChI is InChI=1S/C12H16ClN/c1-9-5-6-12(7-9)14-11-4-2-3-10(13)8-11/h2-4,8-9,12,14H,5-7H2,1H3. The average molecular weight is 210 g/mol. The topological polar surface area (TPSA) is 12.0 Å². The fourth-order valence-corrected chi connectivity index (χ4v) is 2.34. The molecule has 0 spiro atoms. The molecule has 2 rings (SSSR count). The van der Waals surface area contributed by atoms with Crippen molar-refractivity contribution in [1.82, 2.24) is 0 Å². The Hall–Kier alpha value is -0.690. The molecule has 1 aliphatic rings. The van der Waals surface area contributed by atoms with Gasteiger partial charge in [0.15, 0.2) is 0 Å². The minimum absolute atomic E-state index is 0.642. The fraction of sp³-hybridized carbons (Fsp3) is 0.500. The summed E-state index contributed by atoms with van der Waals surface area (Å²) in [6.45, 7) is 2.32. The predicted octanol–water partition coefficient (Wildman–Crippen LogP) is 3.94. The minimum Gasteiger partial charge on any atom is -0.382 e. The summed E-state index contributed by atoms with van der Waals surface area (Å²) < 4.78 is 0. The first-order valence-corrected chi connectivity index (χ1v) is 5.64. The Labute approximate surface area is 90.5 Å². The van der Waals surface area contributed by atoms with Crippen LogP contribution in [0.3, 0.4) is 0 Å². The molecule has 1 aromatic carbocycles. The number of rotatable bonds is 2.